The first-order valence-electron chi connectivity index (χ1n) is 12.7. The summed E-state index contributed by atoms with van der Waals surface area (Å²) in [4.78, 5) is 31.1. The number of anilines is 2. The molecule has 7 nitrogen and oxygen atoms in total. The van der Waals surface area contributed by atoms with E-state index in [1.807, 2.05) is 60.5 Å². The Hall–Kier alpha value is -3.98. The summed E-state index contributed by atoms with van der Waals surface area (Å²) >= 11 is 17.9. The zero-order valence-electron chi connectivity index (χ0n) is 22.4. The van der Waals surface area contributed by atoms with Gasteiger partial charge in [0.25, 0.3) is 5.91 Å². The van der Waals surface area contributed by atoms with Crippen molar-refractivity contribution in [2.45, 2.75) is 18.9 Å². The fourth-order valence-electron chi connectivity index (χ4n) is 4.28. The van der Waals surface area contributed by atoms with Gasteiger partial charge in [-0.1, -0.05) is 83.9 Å². The Bertz CT molecular complexity index is 1510. The lowest BCUT2D eigenvalue weighted by atomic mass is 10.0. The van der Waals surface area contributed by atoms with Crippen LogP contribution >= 0.6 is 35.4 Å². The van der Waals surface area contributed by atoms with Gasteiger partial charge in [0.2, 0.25) is 0 Å². The maximum absolute atomic E-state index is 12.7. The molecule has 0 aliphatic rings. The third-order valence-electron chi connectivity index (χ3n) is 6.41. The number of carbonyl (C=O) groups excluding carboxylic acids is 2. The number of ether oxygens (including phenoxy) is 1. The third kappa shape index (κ3) is 7.82. The number of aromatic nitrogens is 1. The first-order chi connectivity index (χ1) is 19.8. The second-order valence-corrected chi connectivity index (χ2v) is 10.4. The van der Waals surface area contributed by atoms with Crippen LogP contribution in [0.4, 0.5) is 11.4 Å². The summed E-state index contributed by atoms with van der Waals surface area (Å²) in [5, 5.41) is 6.63. The molecular weight excluding hydrogens is 579 g/mol. The second kappa shape index (κ2) is 14.1. The number of hydrogen-bond acceptors (Lipinski definition) is 5. The Morgan fingerprint density at radius 1 is 0.927 bits per heavy atom. The van der Waals surface area contributed by atoms with Crippen molar-refractivity contribution in [3.8, 4) is 0 Å². The molecule has 0 radical (unpaired) electrons. The lowest BCUT2D eigenvalue weighted by Crippen LogP contribution is -2.48. The molecule has 0 saturated heterocycles. The predicted molar refractivity (Wildman–Crippen MR) is 168 cm³/mol. The van der Waals surface area contributed by atoms with E-state index in [-0.39, 0.29) is 15.6 Å². The molecule has 0 fully saturated rings. The average Bonchev–Trinajstić information content (AvgIpc) is 2.97. The van der Waals surface area contributed by atoms with Crippen LogP contribution in [0.25, 0.3) is 0 Å². The fraction of sp³-hybridized carbons (Fsp3) is 0.161. The van der Waals surface area contributed by atoms with Gasteiger partial charge >= 0.3 is 5.97 Å². The van der Waals surface area contributed by atoms with Crippen molar-refractivity contribution in [1.29, 1.82) is 0 Å². The molecule has 1 atom stereocenters. The van der Waals surface area contributed by atoms with Gasteiger partial charge in [-0.05, 0) is 53.5 Å². The Labute approximate surface area is 254 Å². The van der Waals surface area contributed by atoms with E-state index in [9.17, 15) is 9.59 Å². The highest BCUT2D eigenvalue weighted by Crippen LogP contribution is 2.25. The molecule has 41 heavy (non-hydrogen) atoms. The Morgan fingerprint density at radius 2 is 1.56 bits per heavy atom. The zero-order chi connectivity index (χ0) is 29.4. The summed E-state index contributed by atoms with van der Waals surface area (Å²) < 4.78 is 5.05. The van der Waals surface area contributed by atoms with Gasteiger partial charge in [-0.3, -0.25) is 9.78 Å². The van der Waals surface area contributed by atoms with E-state index in [4.69, 9.17) is 40.2 Å². The van der Waals surface area contributed by atoms with E-state index in [2.05, 4.69) is 33.8 Å². The largest absolute Gasteiger partial charge is 0.467 e. The molecule has 0 saturated carbocycles. The summed E-state index contributed by atoms with van der Waals surface area (Å²) in [6.07, 6.45) is 3.76. The number of nitrogens with zero attached hydrogens (tertiary/aromatic N) is 2. The number of para-hydroxylation sites is 1. The fourth-order valence-corrected chi connectivity index (χ4v) is 5.05. The van der Waals surface area contributed by atoms with Crippen molar-refractivity contribution >= 4 is 63.8 Å². The molecule has 2 N–H and O–H groups in total. The lowest BCUT2D eigenvalue weighted by molar-refractivity contribution is -0.142. The molecule has 4 rings (SSSR count). The second-order valence-electron chi connectivity index (χ2n) is 9.21. The minimum atomic E-state index is -0.730. The summed E-state index contributed by atoms with van der Waals surface area (Å²) in [6, 6.07) is 24.6. The van der Waals surface area contributed by atoms with Crippen LogP contribution in [-0.4, -0.2) is 42.2 Å². The molecule has 1 amide bonds. The predicted octanol–water partition coefficient (Wildman–Crippen LogP) is 6.33. The van der Waals surface area contributed by atoms with E-state index in [1.54, 1.807) is 12.1 Å². The topological polar surface area (TPSA) is 83.6 Å². The number of nitrogens with one attached hydrogen (secondary N) is 2. The molecule has 0 aliphatic carbocycles. The van der Waals surface area contributed by atoms with Gasteiger partial charge in [-0.25, -0.2) is 4.79 Å². The van der Waals surface area contributed by atoms with E-state index in [1.165, 1.54) is 25.1 Å². The van der Waals surface area contributed by atoms with E-state index < -0.39 is 17.9 Å². The number of esters is 1. The quantitative estimate of drug-likeness (QED) is 0.170. The van der Waals surface area contributed by atoms with Crippen molar-refractivity contribution in [2.24, 2.45) is 0 Å². The SMILES string of the molecule is COC(=O)C(Cc1ccc(NC(=O)c2c(Cl)cncc2Cl)cc1)NC(=S)N(C)c1ccccc1Cc1ccccc1. The number of halogens is 2. The van der Waals surface area contributed by atoms with Gasteiger partial charge in [0.15, 0.2) is 5.11 Å². The molecule has 210 valence electrons. The molecule has 3 aromatic carbocycles. The van der Waals surface area contributed by atoms with Crippen LogP contribution in [0.2, 0.25) is 10.0 Å². The van der Waals surface area contributed by atoms with E-state index >= 15 is 0 Å². The minimum Gasteiger partial charge on any atom is -0.467 e. The Balaban J connectivity index is 1.44. The molecule has 1 unspecified atom stereocenters. The van der Waals surface area contributed by atoms with Crippen molar-refractivity contribution in [2.75, 3.05) is 24.4 Å². The Kier molecular flexibility index (Phi) is 10.3. The van der Waals surface area contributed by atoms with Crippen molar-refractivity contribution < 1.29 is 14.3 Å². The van der Waals surface area contributed by atoms with E-state index in [0.29, 0.717) is 17.2 Å². The number of pyridine rings is 1. The molecule has 1 heterocycles. The van der Waals surface area contributed by atoms with Gasteiger partial charge in [-0.15, -0.1) is 0 Å². The van der Waals surface area contributed by atoms with Crippen LogP contribution in [0.3, 0.4) is 0 Å². The Morgan fingerprint density at radius 3 is 2.22 bits per heavy atom. The van der Waals surface area contributed by atoms with Crippen molar-refractivity contribution in [1.82, 2.24) is 10.3 Å². The van der Waals surface area contributed by atoms with Crippen LogP contribution in [0.15, 0.2) is 91.3 Å². The first-order valence-corrected chi connectivity index (χ1v) is 13.9. The number of thiocarbonyl (C=S) groups is 1. The number of carbonyl (C=O) groups is 2. The summed E-state index contributed by atoms with van der Waals surface area (Å²) in [6.45, 7) is 0. The molecular formula is C31H28Cl2N4O3S. The van der Waals surface area contributed by atoms with Crippen LogP contribution in [-0.2, 0) is 22.4 Å². The highest BCUT2D eigenvalue weighted by Gasteiger charge is 2.23. The zero-order valence-corrected chi connectivity index (χ0v) is 24.8. The summed E-state index contributed by atoms with van der Waals surface area (Å²) in [7, 11) is 3.21. The standard InChI is InChI=1S/C31H28Cl2N4O3S/c1-37(27-11-7-6-10-22(27)16-20-8-4-3-5-9-20)31(41)36-26(30(39)40-2)17-21-12-14-23(15-13-21)35-29(38)28-24(32)18-34-19-25(28)33/h3-15,18-19,26H,16-17H2,1-2H3,(H,35,38)(H,36,41). The van der Waals surface area contributed by atoms with Crippen LogP contribution in [0, 0.1) is 0 Å². The number of hydrogen-bond donors (Lipinski definition) is 2. The third-order valence-corrected chi connectivity index (χ3v) is 7.38. The van der Waals surface area contributed by atoms with Gasteiger partial charge in [0, 0.05) is 37.2 Å². The average molecular weight is 608 g/mol. The van der Waals surface area contributed by atoms with Crippen LogP contribution < -0.4 is 15.5 Å². The molecule has 0 bridgehead atoms. The monoisotopic (exact) mass is 606 g/mol. The maximum Gasteiger partial charge on any atom is 0.328 e. The molecule has 10 heteroatoms. The summed E-state index contributed by atoms with van der Waals surface area (Å²) in [5.41, 5.74) is 4.74. The highest BCUT2D eigenvalue weighted by molar-refractivity contribution is 7.80. The van der Waals surface area contributed by atoms with Crippen LogP contribution in [0.1, 0.15) is 27.0 Å². The number of benzene rings is 3. The number of rotatable bonds is 9. The minimum absolute atomic E-state index is 0.144. The molecule has 0 aliphatic heterocycles. The maximum atomic E-state index is 12.7. The van der Waals surface area contributed by atoms with Crippen molar-refractivity contribution in [3.05, 3.63) is 124 Å². The van der Waals surface area contributed by atoms with E-state index in [0.717, 1.165) is 23.2 Å². The highest BCUT2D eigenvalue weighted by atomic mass is 35.5. The molecule has 1 aromatic heterocycles. The van der Waals surface area contributed by atoms with Crippen molar-refractivity contribution in [3.63, 3.8) is 0 Å². The van der Waals surface area contributed by atoms with Gasteiger partial charge in [-0.2, -0.15) is 0 Å². The van der Waals surface area contributed by atoms with Crippen LogP contribution in [0.5, 0.6) is 0 Å². The molecule has 4 aromatic rings. The number of amides is 1. The normalized spacial score (nSPS) is 11.3. The smallest absolute Gasteiger partial charge is 0.328 e. The van der Waals surface area contributed by atoms with Gasteiger partial charge in [0.1, 0.15) is 6.04 Å². The summed E-state index contributed by atoms with van der Waals surface area (Å²) in [5.74, 6) is -0.900. The first kappa shape index (κ1) is 30.0. The molecule has 0 spiro atoms. The van der Waals surface area contributed by atoms with Gasteiger partial charge < -0.3 is 20.3 Å². The van der Waals surface area contributed by atoms with Gasteiger partial charge in [0.05, 0.1) is 22.7 Å². The number of methoxy groups -OCH3 is 1. The lowest BCUT2D eigenvalue weighted by Gasteiger charge is -2.27.